The minimum atomic E-state index is 0.499. The van der Waals surface area contributed by atoms with Gasteiger partial charge in [-0.3, -0.25) is 0 Å². The van der Waals surface area contributed by atoms with Crippen molar-refractivity contribution in [3.63, 3.8) is 0 Å². The molecule has 0 N–H and O–H groups in total. The Morgan fingerprint density at radius 1 is 1.62 bits per heavy atom. The third-order valence-corrected chi connectivity index (χ3v) is 5.41. The standard InChI is InChI=1S/C8H12N2S3/c11-4-8(2-1-3-8)5-12-7-9-6-10-13-7/h6,11H,1-5H2. The molecule has 72 valence electrons. The Kier molecular flexibility index (Phi) is 3.16. The Morgan fingerprint density at radius 3 is 2.92 bits per heavy atom. The summed E-state index contributed by atoms with van der Waals surface area (Å²) >= 11 is 7.73. The van der Waals surface area contributed by atoms with Crippen LogP contribution in [0.4, 0.5) is 0 Å². The average molecular weight is 232 g/mol. The predicted molar refractivity (Wildman–Crippen MR) is 60.8 cm³/mol. The molecule has 1 aromatic rings. The molecule has 2 nitrogen and oxygen atoms in total. The lowest BCUT2D eigenvalue weighted by Gasteiger charge is -2.40. The maximum atomic E-state index is 4.42. The molecule has 0 saturated heterocycles. The molecular weight excluding hydrogens is 220 g/mol. The summed E-state index contributed by atoms with van der Waals surface area (Å²) in [5.74, 6) is 2.17. The zero-order valence-electron chi connectivity index (χ0n) is 7.27. The normalized spacial score (nSPS) is 19.8. The van der Waals surface area contributed by atoms with Crippen LogP contribution in [0.25, 0.3) is 0 Å². The van der Waals surface area contributed by atoms with E-state index in [-0.39, 0.29) is 0 Å². The Morgan fingerprint density at radius 2 is 2.46 bits per heavy atom. The summed E-state index contributed by atoms with van der Waals surface area (Å²) in [6, 6.07) is 0. The molecule has 0 spiro atoms. The first-order valence-electron chi connectivity index (χ1n) is 4.35. The van der Waals surface area contributed by atoms with Crippen LogP contribution < -0.4 is 0 Å². The Hall–Kier alpha value is 0.260. The minimum absolute atomic E-state index is 0.499. The molecule has 0 aliphatic heterocycles. The van der Waals surface area contributed by atoms with Gasteiger partial charge in [0.2, 0.25) is 0 Å². The van der Waals surface area contributed by atoms with E-state index < -0.39 is 0 Å². The number of hydrogen-bond acceptors (Lipinski definition) is 5. The fourth-order valence-electron chi connectivity index (χ4n) is 1.47. The number of nitrogens with zero attached hydrogens (tertiary/aromatic N) is 2. The molecule has 1 aromatic heterocycles. The predicted octanol–water partition coefficient (Wildman–Crippen LogP) is 2.73. The number of thiol groups is 1. The molecule has 0 unspecified atom stereocenters. The van der Waals surface area contributed by atoms with Gasteiger partial charge in [0.25, 0.3) is 0 Å². The maximum Gasteiger partial charge on any atom is 0.169 e. The quantitative estimate of drug-likeness (QED) is 0.638. The van der Waals surface area contributed by atoms with Gasteiger partial charge in [0.1, 0.15) is 6.33 Å². The van der Waals surface area contributed by atoms with E-state index >= 15 is 0 Å². The highest BCUT2D eigenvalue weighted by Crippen LogP contribution is 2.45. The lowest BCUT2D eigenvalue weighted by atomic mass is 9.72. The zero-order chi connectivity index (χ0) is 9.15. The van der Waals surface area contributed by atoms with Crippen LogP contribution in [0.1, 0.15) is 19.3 Å². The number of aromatic nitrogens is 2. The largest absolute Gasteiger partial charge is 0.216 e. The van der Waals surface area contributed by atoms with Crippen molar-refractivity contribution in [1.29, 1.82) is 0 Å². The van der Waals surface area contributed by atoms with Crippen LogP contribution in [-0.4, -0.2) is 20.9 Å². The summed E-state index contributed by atoms with van der Waals surface area (Å²) in [7, 11) is 0. The van der Waals surface area contributed by atoms with Crippen molar-refractivity contribution in [2.75, 3.05) is 11.5 Å². The maximum absolute atomic E-state index is 4.42. The monoisotopic (exact) mass is 232 g/mol. The van der Waals surface area contributed by atoms with Crippen molar-refractivity contribution in [2.45, 2.75) is 23.6 Å². The molecule has 13 heavy (non-hydrogen) atoms. The van der Waals surface area contributed by atoms with Crippen molar-refractivity contribution in [1.82, 2.24) is 9.36 Å². The second kappa shape index (κ2) is 4.19. The molecule has 1 saturated carbocycles. The van der Waals surface area contributed by atoms with E-state index in [0.717, 1.165) is 15.8 Å². The fourth-order valence-corrected chi connectivity index (χ4v) is 3.78. The third kappa shape index (κ3) is 2.19. The third-order valence-electron chi connectivity index (χ3n) is 2.59. The zero-order valence-corrected chi connectivity index (χ0v) is 9.80. The van der Waals surface area contributed by atoms with E-state index in [1.807, 2.05) is 11.8 Å². The highest BCUT2D eigenvalue weighted by molar-refractivity contribution is 8.01. The Balaban J connectivity index is 1.84. The Labute approximate surface area is 92.1 Å². The van der Waals surface area contributed by atoms with Crippen molar-refractivity contribution < 1.29 is 0 Å². The van der Waals surface area contributed by atoms with E-state index in [1.165, 1.54) is 30.8 Å². The summed E-state index contributed by atoms with van der Waals surface area (Å²) in [5.41, 5.74) is 0.499. The second-order valence-electron chi connectivity index (χ2n) is 3.51. The number of hydrogen-bond donors (Lipinski definition) is 1. The van der Waals surface area contributed by atoms with Gasteiger partial charge in [0, 0.05) is 5.75 Å². The number of thioether (sulfide) groups is 1. The molecule has 1 heterocycles. The van der Waals surface area contributed by atoms with Gasteiger partial charge >= 0.3 is 0 Å². The van der Waals surface area contributed by atoms with Gasteiger partial charge in [0.05, 0.1) is 0 Å². The summed E-state index contributed by atoms with van der Waals surface area (Å²) in [5, 5.41) is 0. The van der Waals surface area contributed by atoms with Crippen molar-refractivity contribution in [3.05, 3.63) is 6.33 Å². The van der Waals surface area contributed by atoms with Gasteiger partial charge in [0.15, 0.2) is 4.34 Å². The lowest BCUT2D eigenvalue weighted by Crippen LogP contribution is -2.33. The topological polar surface area (TPSA) is 25.8 Å². The summed E-state index contributed by atoms with van der Waals surface area (Å²) < 4.78 is 5.07. The molecular formula is C8H12N2S3. The molecule has 2 rings (SSSR count). The number of rotatable bonds is 4. The van der Waals surface area contributed by atoms with Crippen LogP contribution >= 0.6 is 35.9 Å². The van der Waals surface area contributed by atoms with Gasteiger partial charge in [-0.25, -0.2) is 4.98 Å². The van der Waals surface area contributed by atoms with Gasteiger partial charge in [-0.15, -0.1) is 0 Å². The van der Waals surface area contributed by atoms with Gasteiger partial charge in [-0.05, 0) is 35.5 Å². The van der Waals surface area contributed by atoms with Crippen LogP contribution in [0.3, 0.4) is 0 Å². The molecule has 5 heteroatoms. The molecule has 0 bridgehead atoms. The van der Waals surface area contributed by atoms with Crippen LogP contribution in [0.15, 0.2) is 10.7 Å². The molecule has 0 atom stereocenters. The van der Waals surface area contributed by atoms with Crippen molar-refractivity contribution >= 4 is 35.9 Å². The average Bonchev–Trinajstić information content (AvgIpc) is 2.56. The molecule has 1 aliphatic rings. The molecule has 0 amide bonds. The first-order chi connectivity index (χ1) is 6.35. The van der Waals surface area contributed by atoms with Crippen molar-refractivity contribution in [3.8, 4) is 0 Å². The van der Waals surface area contributed by atoms with E-state index in [1.54, 1.807) is 6.33 Å². The Bertz CT molecular complexity index is 251. The van der Waals surface area contributed by atoms with Gasteiger partial charge in [-0.2, -0.15) is 17.0 Å². The van der Waals surface area contributed by atoms with Crippen LogP contribution in [0.2, 0.25) is 0 Å². The first kappa shape index (κ1) is 9.80. The van der Waals surface area contributed by atoms with Gasteiger partial charge in [-0.1, -0.05) is 18.2 Å². The SMILES string of the molecule is SCC1(CSc2ncns2)CCC1. The lowest BCUT2D eigenvalue weighted by molar-refractivity contribution is 0.205. The van der Waals surface area contributed by atoms with E-state index in [4.69, 9.17) is 0 Å². The second-order valence-corrected chi connectivity index (χ2v) is 5.83. The molecule has 1 aliphatic carbocycles. The van der Waals surface area contributed by atoms with E-state index in [0.29, 0.717) is 5.41 Å². The van der Waals surface area contributed by atoms with Crippen LogP contribution in [-0.2, 0) is 0 Å². The highest BCUT2D eigenvalue weighted by atomic mass is 32.2. The van der Waals surface area contributed by atoms with E-state index in [9.17, 15) is 0 Å². The van der Waals surface area contributed by atoms with Crippen molar-refractivity contribution in [2.24, 2.45) is 5.41 Å². The smallest absolute Gasteiger partial charge is 0.169 e. The summed E-state index contributed by atoms with van der Waals surface area (Å²) in [4.78, 5) is 4.16. The summed E-state index contributed by atoms with van der Waals surface area (Å²) in [6.07, 6.45) is 5.67. The van der Waals surface area contributed by atoms with Crippen LogP contribution in [0, 0.1) is 5.41 Å². The van der Waals surface area contributed by atoms with E-state index in [2.05, 4.69) is 22.0 Å². The molecule has 0 aromatic carbocycles. The molecule has 0 radical (unpaired) electrons. The highest BCUT2D eigenvalue weighted by Gasteiger charge is 2.35. The fraction of sp³-hybridized carbons (Fsp3) is 0.750. The van der Waals surface area contributed by atoms with Crippen LogP contribution in [0.5, 0.6) is 0 Å². The molecule has 1 fully saturated rings. The van der Waals surface area contributed by atoms with Gasteiger partial charge < -0.3 is 0 Å². The summed E-state index contributed by atoms with van der Waals surface area (Å²) in [6.45, 7) is 0. The minimum Gasteiger partial charge on any atom is -0.216 e. The first-order valence-corrected chi connectivity index (χ1v) is 6.74.